The Balaban J connectivity index is 0.00000220. The maximum Gasteiger partial charge on any atom is 0.120 e. The Bertz CT molecular complexity index is 427. The summed E-state index contributed by atoms with van der Waals surface area (Å²) in [5.41, 5.74) is 0.864. The SMILES string of the molecule is CCCCC[C@@H](c1cc(O)ccc1O)N1CCNCC1.Cl.Cl. The molecule has 2 rings (SSSR count). The smallest absolute Gasteiger partial charge is 0.120 e. The van der Waals surface area contributed by atoms with Crippen molar-refractivity contribution in [2.75, 3.05) is 26.2 Å². The number of piperazine rings is 1. The molecule has 6 heteroatoms. The predicted molar refractivity (Wildman–Crippen MR) is 95.6 cm³/mol. The summed E-state index contributed by atoms with van der Waals surface area (Å²) in [5.74, 6) is 0.524. The Labute approximate surface area is 145 Å². The zero-order chi connectivity index (χ0) is 14.4. The van der Waals surface area contributed by atoms with Crippen molar-refractivity contribution >= 4 is 24.8 Å². The molecule has 1 heterocycles. The van der Waals surface area contributed by atoms with E-state index in [2.05, 4.69) is 17.1 Å². The van der Waals surface area contributed by atoms with Gasteiger partial charge in [0.2, 0.25) is 0 Å². The number of nitrogens with one attached hydrogen (secondary N) is 1. The fourth-order valence-corrected chi connectivity index (χ4v) is 2.93. The van der Waals surface area contributed by atoms with Gasteiger partial charge in [-0.2, -0.15) is 0 Å². The molecule has 1 fully saturated rings. The molecule has 22 heavy (non-hydrogen) atoms. The summed E-state index contributed by atoms with van der Waals surface area (Å²) in [6, 6.07) is 5.06. The van der Waals surface area contributed by atoms with Crippen LogP contribution in [-0.4, -0.2) is 41.3 Å². The molecule has 0 amide bonds. The number of rotatable bonds is 6. The Hall–Kier alpha value is -0.680. The molecule has 128 valence electrons. The third kappa shape index (κ3) is 5.84. The Morgan fingerprint density at radius 2 is 1.82 bits per heavy atom. The van der Waals surface area contributed by atoms with Crippen molar-refractivity contribution < 1.29 is 10.2 Å². The van der Waals surface area contributed by atoms with E-state index in [1.54, 1.807) is 18.2 Å². The molecule has 1 aromatic rings. The highest BCUT2D eigenvalue weighted by Gasteiger charge is 2.24. The summed E-state index contributed by atoms with van der Waals surface area (Å²) < 4.78 is 0. The second-order valence-electron chi connectivity index (χ2n) is 5.54. The molecule has 0 aliphatic carbocycles. The van der Waals surface area contributed by atoms with E-state index in [0.29, 0.717) is 5.75 Å². The molecular weight excluding hydrogens is 323 g/mol. The van der Waals surface area contributed by atoms with Crippen LogP contribution in [0.2, 0.25) is 0 Å². The van der Waals surface area contributed by atoms with Crippen LogP contribution in [0.15, 0.2) is 18.2 Å². The van der Waals surface area contributed by atoms with Gasteiger partial charge in [0, 0.05) is 37.8 Å². The number of phenolic OH excluding ortho intramolecular Hbond substituents is 2. The van der Waals surface area contributed by atoms with Gasteiger partial charge in [0.25, 0.3) is 0 Å². The van der Waals surface area contributed by atoms with E-state index in [1.807, 2.05) is 0 Å². The number of unbranched alkanes of at least 4 members (excludes halogenated alkanes) is 2. The lowest BCUT2D eigenvalue weighted by Gasteiger charge is -2.35. The fraction of sp³-hybridized carbons (Fsp3) is 0.625. The van der Waals surface area contributed by atoms with Crippen LogP contribution in [0.4, 0.5) is 0 Å². The van der Waals surface area contributed by atoms with Crippen molar-refractivity contribution in [2.24, 2.45) is 0 Å². The molecule has 1 aliphatic rings. The van der Waals surface area contributed by atoms with Crippen LogP contribution < -0.4 is 5.32 Å². The highest BCUT2D eigenvalue weighted by Crippen LogP contribution is 2.35. The van der Waals surface area contributed by atoms with Crippen molar-refractivity contribution in [3.63, 3.8) is 0 Å². The third-order valence-corrected chi connectivity index (χ3v) is 4.04. The van der Waals surface area contributed by atoms with Gasteiger partial charge in [-0.1, -0.05) is 26.2 Å². The van der Waals surface area contributed by atoms with Crippen molar-refractivity contribution in [2.45, 2.75) is 38.6 Å². The van der Waals surface area contributed by atoms with Gasteiger partial charge in [0.15, 0.2) is 0 Å². The maximum atomic E-state index is 10.1. The summed E-state index contributed by atoms with van der Waals surface area (Å²) in [7, 11) is 0. The molecule has 0 unspecified atom stereocenters. The first-order valence-electron chi connectivity index (χ1n) is 7.69. The number of halogens is 2. The van der Waals surface area contributed by atoms with Crippen LogP contribution in [0.1, 0.15) is 44.2 Å². The van der Waals surface area contributed by atoms with Crippen molar-refractivity contribution in [1.29, 1.82) is 0 Å². The number of hydrogen-bond donors (Lipinski definition) is 3. The third-order valence-electron chi connectivity index (χ3n) is 4.04. The standard InChI is InChI=1S/C16H26N2O2.2ClH/c1-2-3-4-5-15(18-10-8-17-9-11-18)14-12-13(19)6-7-16(14)20;;/h6-7,12,15,17,19-20H,2-5,8-11H2,1H3;2*1H/t15-;;/m0../s1. The van der Waals surface area contributed by atoms with Crippen LogP contribution in [0.25, 0.3) is 0 Å². The van der Waals surface area contributed by atoms with Crippen LogP contribution in [0.3, 0.4) is 0 Å². The Morgan fingerprint density at radius 1 is 1.14 bits per heavy atom. The first-order valence-corrected chi connectivity index (χ1v) is 7.69. The lowest BCUT2D eigenvalue weighted by atomic mass is 9.97. The van der Waals surface area contributed by atoms with E-state index in [4.69, 9.17) is 0 Å². The Kier molecular flexibility index (Phi) is 10.6. The van der Waals surface area contributed by atoms with E-state index >= 15 is 0 Å². The first kappa shape index (κ1) is 21.3. The zero-order valence-corrected chi connectivity index (χ0v) is 14.8. The summed E-state index contributed by atoms with van der Waals surface area (Å²) in [6.45, 7) is 6.16. The lowest BCUT2D eigenvalue weighted by Crippen LogP contribution is -2.45. The van der Waals surface area contributed by atoms with Gasteiger partial charge in [0.05, 0.1) is 0 Å². The van der Waals surface area contributed by atoms with E-state index in [0.717, 1.165) is 44.6 Å². The number of aromatic hydroxyl groups is 2. The second-order valence-corrected chi connectivity index (χ2v) is 5.54. The van der Waals surface area contributed by atoms with E-state index in [-0.39, 0.29) is 36.6 Å². The van der Waals surface area contributed by atoms with Crippen LogP contribution >= 0.6 is 24.8 Å². The summed E-state index contributed by atoms with van der Waals surface area (Å²) in [5, 5.41) is 23.2. The summed E-state index contributed by atoms with van der Waals surface area (Å²) in [4.78, 5) is 2.42. The molecule has 1 saturated heterocycles. The quantitative estimate of drug-likeness (QED) is 0.543. The molecule has 0 saturated carbocycles. The minimum atomic E-state index is 0. The normalized spacial score (nSPS) is 16.4. The summed E-state index contributed by atoms with van der Waals surface area (Å²) in [6.07, 6.45) is 4.59. The molecule has 1 aliphatic heterocycles. The second kappa shape index (κ2) is 10.9. The monoisotopic (exact) mass is 350 g/mol. The average molecular weight is 351 g/mol. The molecular formula is C16H28Cl2N2O2. The predicted octanol–water partition coefficient (Wildman–Crippen LogP) is 3.47. The lowest BCUT2D eigenvalue weighted by molar-refractivity contribution is 0.160. The van der Waals surface area contributed by atoms with Crippen LogP contribution in [-0.2, 0) is 0 Å². The molecule has 0 aromatic heterocycles. The molecule has 0 radical (unpaired) electrons. The number of nitrogens with zero attached hydrogens (tertiary/aromatic N) is 1. The van der Waals surface area contributed by atoms with E-state index in [1.165, 1.54) is 12.8 Å². The molecule has 3 N–H and O–H groups in total. The van der Waals surface area contributed by atoms with Crippen LogP contribution in [0.5, 0.6) is 11.5 Å². The minimum absolute atomic E-state index is 0. The minimum Gasteiger partial charge on any atom is -0.508 e. The van der Waals surface area contributed by atoms with Crippen molar-refractivity contribution in [3.8, 4) is 11.5 Å². The van der Waals surface area contributed by atoms with Gasteiger partial charge >= 0.3 is 0 Å². The van der Waals surface area contributed by atoms with Crippen LogP contribution in [0, 0.1) is 0 Å². The largest absolute Gasteiger partial charge is 0.508 e. The highest BCUT2D eigenvalue weighted by molar-refractivity contribution is 5.85. The fourth-order valence-electron chi connectivity index (χ4n) is 2.93. The van der Waals surface area contributed by atoms with Crippen molar-refractivity contribution in [3.05, 3.63) is 23.8 Å². The van der Waals surface area contributed by atoms with Gasteiger partial charge in [0.1, 0.15) is 11.5 Å². The van der Waals surface area contributed by atoms with Gasteiger partial charge in [-0.05, 0) is 24.6 Å². The Morgan fingerprint density at radius 3 is 2.45 bits per heavy atom. The molecule has 0 spiro atoms. The van der Waals surface area contributed by atoms with Gasteiger partial charge in [-0.3, -0.25) is 4.90 Å². The maximum absolute atomic E-state index is 10.1. The molecule has 1 atom stereocenters. The van der Waals surface area contributed by atoms with E-state index < -0.39 is 0 Å². The number of hydrogen-bond acceptors (Lipinski definition) is 4. The number of phenols is 2. The molecule has 1 aromatic carbocycles. The first-order chi connectivity index (χ1) is 9.72. The highest BCUT2D eigenvalue weighted by atomic mass is 35.5. The van der Waals surface area contributed by atoms with Gasteiger partial charge in [-0.25, -0.2) is 0 Å². The van der Waals surface area contributed by atoms with Crippen molar-refractivity contribution in [1.82, 2.24) is 10.2 Å². The molecule has 4 nitrogen and oxygen atoms in total. The average Bonchev–Trinajstić information content (AvgIpc) is 2.48. The number of benzene rings is 1. The van der Waals surface area contributed by atoms with Gasteiger partial charge < -0.3 is 15.5 Å². The van der Waals surface area contributed by atoms with E-state index in [9.17, 15) is 10.2 Å². The topological polar surface area (TPSA) is 55.7 Å². The van der Waals surface area contributed by atoms with Gasteiger partial charge in [-0.15, -0.1) is 24.8 Å². The molecule has 0 bridgehead atoms. The summed E-state index contributed by atoms with van der Waals surface area (Å²) >= 11 is 0. The zero-order valence-electron chi connectivity index (χ0n) is 13.1.